The number of hydrogen-bond acceptors (Lipinski definition) is 3. The van der Waals surface area contributed by atoms with Crippen molar-refractivity contribution < 1.29 is 0 Å². The highest BCUT2D eigenvalue weighted by atomic mass is 127. The molecule has 7 heteroatoms. The number of rotatable bonds is 4. The molecule has 1 aromatic rings. The average Bonchev–Trinajstić information content (AvgIpc) is 2.88. The number of nitrogens with zero attached hydrogens (tertiary/aromatic N) is 4. The Bertz CT molecular complexity index is 477. The molecule has 2 N–H and O–H groups in total. The highest BCUT2D eigenvalue weighted by molar-refractivity contribution is 14.0. The average molecular weight is 420 g/mol. The van der Waals surface area contributed by atoms with Crippen LogP contribution < -0.4 is 10.6 Å². The molecule has 1 aliphatic heterocycles. The van der Waals surface area contributed by atoms with Gasteiger partial charge in [0.25, 0.3) is 0 Å². The summed E-state index contributed by atoms with van der Waals surface area (Å²) >= 11 is 0. The van der Waals surface area contributed by atoms with Crippen LogP contribution in [-0.4, -0.2) is 40.4 Å². The Morgan fingerprint density at radius 1 is 1.45 bits per heavy atom. The minimum atomic E-state index is 0. The zero-order valence-electron chi connectivity index (χ0n) is 14.1. The van der Waals surface area contributed by atoms with Gasteiger partial charge in [0.1, 0.15) is 12.2 Å². The standard InChI is InChI=1S/C15H28N6.HI/c1-15(2,3)8-5-9-17-14(16-4)20-12-6-7-13-18-11-19-21(13)10-12;/h11-12H,5-10H2,1-4H3,(H2,16,17,20);1H. The van der Waals surface area contributed by atoms with Gasteiger partial charge in [0.15, 0.2) is 5.96 Å². The van der Waals surface area contributed by atoms with Crippen LogP contribution >= 0.6 is 24.0 Å². The van der Waals surface area contributed by atoms with E-state index in [0.717, 1.165) is 44.1 Å². The lowest BCUT2D eigenvalue weighted by Crippen LogP contribution is -2.47. The zero-order chi connectivity index (χ0) is 15.3. The smallest absolute Gasteiger partial charge is 0.191 e. The predicted octanol–water partition coefficient (Wildman–Crippen LogP) is 2.20. The monoisotopic (exact) mass is 420 g/mol. The fourth-order valence-corrected chi connectivity index (χ4v) is 2.57. The van der Waals surface area contributed by atoms with E-state index in [1.54, 1.807) is 6.33 Å². The van der Waals surface area contributed by atoms with Gasteiger partial charge in [-0.2, -0.15) is 5.10 Å². The van der Waals surface area contributed by atoms with Crippen LogP contribution in [0, 0.1) is 5.41 Å². The first kappa shape index (κ1) is 19.2. The van der Waals surface area contributed by atoms with Crippen molar-refractivity contribution in [2.45, 2.75) is 59.0 Å². The number of halogens is 1. The van der Waals surface area contributed by atoms with Crippen molar-refractivity contribution in [2.75, 3.05) is 13.6 Å². The molecule has 2 rings (SSSR count). The number of aromatic nitrogens is 3. The lowest BCUT2D eigenvalue weighted by atomic mass is 9.91. The summed E-state index contributed by atoms with van der Waals surface area (Å²) in [5.74, 6) is 1.97. The lowest BCUT2D eigenvalue weighted by Gasteiger charge is -2.25. The minimum absolute atomic E-state index is 0. The molecule has 2 heterocycles. The molecular formula is C15H29IN6. The van der Waals surface area contributed by atoms with Crippen molar-refractivity contribution in [3.8, 4) is 0 Å². The molecule has 0 aromatic carbocycles. The van der Waals surface area contributed by atoms with Crippen LogP contribution in [0.15, 0.2) is 11.3 Å². The second-order valence-corrected chi connectivity index (χ2v) is 6.90. The topological polar surface area (TPSA) is 67.1 Å². The Kier molecular flexibility index (Phi) is 7.58. The van der Waals surface area contributed by atoms with Crippen molar-refractivity contribution in [1.82, 2.24) is 25.4 Å². The van der Waals surface area contributed by atoms with Gasteiger partial charge in [-0.05, 0) is 24.7 Å². The summed E-state index contributed by atoms with van der Waals surface area (Å²) in [5, 5.41) is 11.1. The summed E-state index contributed by atoms with van der Waals surface area (Å²) in [7, 11) is 1.82. The van der Waals surface area contributed by atoms with Gasteiger partial charge in [0.05, 0.1) is 6.54 Å². The molecule has 6 nitrogen and oxygen atoms in total. The van der Waals surface area contributed by atoms with E-state index in [-0.39, 0.29) is 24.0 Å². The first-order chi connectivity index (χ1) is 9.98. The van der Waals surface area contributed by atoms with Gasteiger partial charge in [-0.25, -0.2) is 9.67 Å². The Morgan fingerprint density at radius 3 is 2.91 bits per heavy atom. The fraction of sp³-hybridized carbons (Fsp3) is 0.800. The van der Waals surface area contributed by atoms with E-state index in [0.29, 0.717) is 11.5 Å². The second-order valence-electron chi connectivity index (χ2n) is 6.90. The van der Waals surface area contributed by atoms with E-state index in [1.807, 2.05) is 11.7 Å². The number of hydrogen-bond donors (Lipinski definition) is 2. The van der Waals surface area contributed by atoms with Crippen LogP contribution in [0.5, 0.6) is 0 Å². The minimum Gasteiger partial charge on any atom is -0.356 e. The highest BCUT2D eigenvalue weighted by Crippen LogP contribution is 2.19. The third-order valence-corrected chi connectivity index (χ3v) is 3.77. The molecule has 0 radical (unpaired) electrons. The number of fused-ring (bicyclic) bond motifs is 1. The SMILES string of the molecule is CN=C(NCCCC(C)(C)C)NC1CCc2ncnn2C1.I. The zero-order valence-corrected chi connectivity index (χ0v) is 16.4. The van der Waals surface area contributed by atoms with Crippen LogP contribution in [0.1, 0.15) is 45.9 Å². The molecule has 0 aliphatic carbocycles. The van der Waals surface area contributed by atoms with Crippen LogP contribution in [0.25, 0.3) is 0 Å². The van der Waals surface area contributed by atoms with E-state index >= 15 is 0 Å². The summed E-state index contributed by atoms with van der Waals surface area (Å²) in [5.41, 5.74) is 0.394. The van der Waals surface area contributed by atoms with Gasteiger partial charge in [-0.15, -0.1) is 24.0 Å². The van der Waals surface area contributed by atoms with Crippen molar-refractivity contribution in [1.29, 1.82) is 0 Å². The third kappa shape index (κ3) is 6.10. The van der Waals surface area contributed by atoms with Crippen LogP contribution in [0.2, 0.25) is 0 Å². The molecule has 0 fully saturated rings. The number of guanidine groups is 1. The first-order valence-electron chi connectivity index (χ1n) is 7.82. The van der Waals surface area contributed by atoms with Crippen LogP contribution in [0.3, 0.4) is 0 Å². The Balaban J connectivity index is 0.00000242. The number of aryl methyl sites for hydroxylation is 1. The molecule has 22 heavy (non-hydrogen) atoms. The summed E-state index contributed by atoms with van der Waals surface area (Å²) < 4.78 is 1.98. The van der Waals surface area contributed by atoms with Crippen molar-refractivity contribution >= 4 is 29.9 Å². The van der Waals surface area contributed by atoms with Gasteiger partial charge in [-0.1, -0.05) is 20.8 Å². The quantitative estimate of drug-likeness (QED) is 0.339. The van der Waals surface area contributed by atoms with Crippen molar-refractivity contribution in [2.24, 2.45) is 10.4 Å². The molecule has 0 bridgehead atoms. The molecule has 126 valence electrons. The maximum atomic E-state index is 4.31. The first-order valence-corrected chi connectivity index (χ1v) is 7.82. The summed E-state index contributed by atoms with van der Waals surface area (Å²) in [6.07, 6.45) is 6.04. The maximum Gasteiger partial charge on any atom is 0.191 e. The number of aliphatic imine (C=N–C) groups is 1. The fourth-order valence-electron chi connectivity index (χ4n) is 2.57. The van der Waals surface area contributed by atoms with Gasteiger partial charge in [0, 0.05) is 26.1 Å². The number of nitrogens with one attached hydrogen (secondary N) is 2. The third-order valence-electron chi connectivity index (χ3n) is 3.77. The molecule has 1 aromatic heterocycles. The molecule has 0 saturated heterocycles. The Hall–Kier alpha value is -0.860. The van der Waals surface area contributed by atoms with Gasteiger partial charge >= 0.3 is 0 Å². The molecule has 1 atom stereocenters. The summed E-state index contributed by atoms with van der Waals surface area (Å²) in [6.45, 7) is 8.64. The molecular weight excluding hydrogens is 391 g/mol. The van der Waals surface area contributed by atoms with E-state index < -0.39 is 0 Å². The second kappa shape index (κ2) is 8.69. The molecule has 1 unspecified atom stereocenters. The van der Waals surface area contributed by atoms with Crippen LogP contribution in [-0.2, 0) is 13.0 Å². The van der Waals surface area contributed by atoms with Gasteiger partial charge < -0.3 is 10.6 Å². The van der Waals surface area contributed by atoms with E-state index in [4.69, 9.17) is 0 Å². The van der Waals surface area contributed by atoms with Crippen molar-refractivity contribution in [3.05, 3.63) is 12.2 Å². The highest BCUT2D eigenvalue weighted by Gasteiger charge is 2.20. The van der Waals surface area contributed by atoms with E-state index in [1.165, 1.54) is 6.42 Å². The molecule has 1 aliphatic rings. The maximum absolute atomic E-state index is 4.31. The Morgan fingerprint density at radius 2 is 2.23 bits per heavy atom. The molecule has 0 spiro atoms. The lowest BCUT2D eigenvalue weighted by molar-refractivity contribution is 0.363. The molecule has 0 amide bonds. The van der Waals surface area contributed by atoms with E-state index in [9.17, 15) is 0 Å². The molecule has 0 saturated carbocycles. The predicted molar refractivity (Wildman–Crippen MR) is 101 cm³/mol. The van der Waals surface area contributed by atoms with Gasteiger partial charge in [0.2, 0.25) is 0 Å². The van der Waals surface area contributed by atoms with E-state index in [2.05, 4.69) is 46.5 Å². The normalized spacial score (nSPS) is 18.4. The van der Waals surface area contributed by atoms with Crippen molar-refractivity contribution in [3.63, 3.8) is 0 Å². The largest absolute Gasteiger partial charge is 0.356 e. The summed E-state index contributed by atoms with van der Waals surface area (Å²) in [6, 6.07) is 0.369. The Labute approximate surface area is 150 Å². The van der Waals surface area contributed by atoms with Gasteiger partial charge in [-0.3, -0.25) is 4.99 Å². The summed E-state index contributed by atoms with van der Waals surface area (Å²) in [4.78, 5) is 8.56. The van der Waals surface area contributed by atoms with Crippen LogP contribution in [0.4, 0.5) is 0 Å².